The summed E-state index contributed by atoms with van der Waals surface area (Å²) in [6.45, 7) is 3.06. The second-order valence-electron chi connectivity index (χ2n) is 8.79. The van der Waals surface area contributed by atoms with Crippen LogP contribution in [-0.4, -0.2) is 27.0 Å². The highest BCUT2D eigenvalue weighted by Crippen LogP contribution is 2.31. The van der Waals surface area contributed by atoms with Crippen LogP contribution < -0.4 is 10.6 Å². The van der Waals surface area contributed by atoms with Gasteiger partial charge in [-0.3, -0.25) is 4.79 Å². The quantitative estimate of drug-likeness (QED) is 0.370. The lowest BCUT2D eigenvalue weighted by Gasteiger charge is -2.26. The number of aryl methyl sites for hydroxylation is 1. The first-order valence-corrected chi connectivity index (χ1v) is 12.2. The highest BCUT2D eigenvalue weighted by Gasteiger charge is 2.19. The molecule has 5 rings (SSSR count). The summed E-state index contributed by atoms with van der Waals surface area (Å²) in [7, 11) is 1.95. The molecule has 2 heterocycles. The van der Waals surface area contributed by atoms with Gasteiger partial charge in [0, 0.05) is 24.2 Å². The Morgan fingerprint density at radius 3 is 2.75 bits per heavy atom. The van der Waals surface area contributed by atoms with Gasteiger partial charge in [0.1, 0.15) is 0 Å². The van der Waals surface area contributed by atoms with E-state index in [0.29, 0.717) is 22.5 Å². The number of rotatable bonds is 5. The Morgan fingerprint density at radius 2 is 1.94 bits per heavy atom. The molecule has 166 valence electrons. The SMILES string of the molecule is CC1CCC(CNC(=O)c2ccc3c(c2)nc(Nc2nc4ccc(Cl)cc4s2)n3C)CC1. The van der Waals surface area contributed by atoms with Gasteiger partial charge in [0.25, 0.3) is 5.91 Å². The molecule has 2 N–H and O–H groups in total. The Bertz CT molecular complexity index is 1290. The third-order valence-corrected chi connectivity index (χ3v) is 7.57. The molecule has 0 unspecified atom stereocenters. The minimum Gasteiger partial charge on any atom is -0.352 e. The number of thiazole rings is 1. The Labute approximate surface area is 196 Å². The Hall–Kier alpha value is -2.64. The summed E-state index contributed by atoms with van der Waals surface area (Å²) >= 11 is 7.62. The van der Waals surface area contributed by atoms with Crippen LogP contribution in [0, 0.1) is 11.8 Å². The summed E-state index contributed by atoms with van der Waals surface area (Å²) in [6, 6.07) is 11.3. The number of carbonyl (C=O) groups is 1. The molecule has 32 heavy (non-hydrogen) atoms. The van der Waals surface area contributed by atoms with Gasteiger partial charge in [0.2, 0.25) is 5.95 Å². The van der Waals surface area contributed by atoms with Gasteiger partial charge in [-0.05, 0) is 61.1 Å². The van der Waals surface area contributed by atoms with E-state index in [1.54, 1.807) is 0 Å². The minimum absolute atomic E-state index is 0.0336. The lowest BCUT2D eigenvalue weighted by Crippen LogP contribution is -2.31. The van der Waals surface area contributed by atoms with Crippen molar-refractivity contribution in [2.24, 2.45) is 18.9 Å². The number of nitrogens with one attached hydrogen (secondary N) is 2. The summed E-state index contributed by atoms with van der Waals surface area (Å²) in [6.07, 6.45) is 4.93. The molecule has 1 aliphatic rings. The van der Waals surface area contributed by atoms with Crippen LogP contribution in [0.15, 0.2) is 36.4 Å². The zero-order chi connectivity index (χ0) is 22.2. The van der Waals surface area contributed by atoms with Crippen LogP contribution in [0.4, 0.5) is 11.1 Å². The first-order valence-electron chi connectivity index (χ1n) is 11.0. The van der Waals surface area contributed by atoms with Crippen molar-refractivity contribution < 1.29 is 4.79 Å². The van der Waals surface area contributed by atoms with Crippen LogP contribution in [0.3, 0.4) is 0 Å². The second kappa shape index (κ2) is 8.71. The molecular formula is C24H26ClN5OS. The maximum absolute atomic E-state index is 12.7. The number of hydrogen-bond acceptors (Lipinski definition) is 5. The molecule has 1 saturated carbocycles. The maximum Gasteiger partial charge on any atom is 0.251 e. The molecule has 1 fully saturated rings. The number of amides is 1. The first kappa shape index (κ1) is 21.2. The molecule has 6 nitrogen and oxygen atoms in total. The standard InChI is InChI=1S/C24H26ClN5OS/c1-14-3-5-15(6-4-14)13-26-22(31)16-7-10-20-19(11-16)27-23(30(20)2)29-24-28-18-9-8-17(25)12-21(18)32-24/h7-12,14-15H,3-6,13H2,1-2H3,(H,26,31)(H,27,28,29). The van der Waals surface area contributed by atoms with Crippen molar-refractivity contribution in [2.45, 2.75) is 32.6 Å². The topological polar surface area (TPSA) is 71.8 Å². The number of nitrogens with zero attached hydrogens (tertiary/aromatic N) is 3. The molecular weight excluding hydrogens is 442 g/mol. The fourth-order valence-electron chi connectivity index (χ4n) is 4.37. The van der Waals surface area contributed by atoms with Crippen molar-refractivity contribution in [1.29, 1.82) is 0 Å². The maximum atomic E-state index is 12.7. The van der Waals surface area contributed by atoms with Crippen molar-refractivity contribution in [3.05, 3.63) is 47.0 Å². The van der Waals surface area contributed by atoms with E-state index in [1.807, 2.05) is 48.0 Å². The zero-order valence-electron chi connectivity index (χ0n) is 18.2. The van der Waals surface area contributed by atoms with E-state index in [4.69, 9.17) is 16.6 Å². The van der Waals surface area contributed by atoms with Crippen molar-refractivity contribution >= 4 is 61.2 Å². The van der Waals surface area contributed by atoms with Gasteiger partial charge < -0.3 is 15.2 Å². The van der Waals surface area contributed by atoms with Crippen molar-refractivity contribution in [3.8, 4) is 0 Å². The number of anilines is 2. The van der Waals surface area contributed by atoms with Gasteiger partial charge in [-0.1, -0.05) is 42.7 Å². The van der Waals surface area contributed by atoms with Gasteiger partial charge in [0.15, 0.2) is 5.13 Å². The zero-order valence-corrected chi connectivity index (χ0v) is 19.8. The van der Waals surface area contributed by atoms with E-state index < -0.39 is 0 Å². The van der Waals surface area contributed by atoms with Crippen LogP contribution in [0.5, 0.6) is 0 Å². The lowest BCUT2D eigenvalue weighted by atomic mass is 9.83. The molecule has 2 aromatic heterocycles. The molecule has 8 heteroatoms. The minimum atomic E-state index is -0.0336. The molecule has 0 radical (unpaired) electrons. The first-order chi connectivity index (χ1) is 15.5. The molecule has 4 aromatic rings. The fourth-order valence-corrected chi connectivity index (χ4v) is 5.51. The Balaban J connectivity index is 1.31. The summed E-state index contributed by atoms with van der Waals surface area (Å²) in [5, 5.41) is 7.87. The molecule has 1 aliphatic carbocycles. The predicted octanol–water partition coefficient (Wildman–Crippen LogP) is 6.14. The van der Waals surface area contributed by atoms with Crippen LogP contribution in [0.1, 0.15) is 43.0 Å². The molecule has 1 amide bonds. The Kier molecular flexibility index (Phi) is 5.78. The summed E-state index contributed by atoms with van der Waals surface area (Å²) < 4.78 is 2.99. The van der Waals surface area contributed by atoms with Crippen LogP contribution in [0.25, 0.3) is 21.3 Å². The number of halogens is 1. The number of imidazole rings is 1. The fraction of sp³-hybridized carbons (Fsp3) is 0.375. The van der Waals surface area contributed by atoms with E-state index in [1.165, 1.54) is 37.0 Å². The van der Waals surface area contributed by atoms with Gasteiger partial charge in [-0.25, -0.2) is 9.97 Å². The monoisotopic (exact) mass is 467 g/mol. The van der Waals surface area contributed by atoms with Crippen molar-refractivity contribution in [3.63, 3.8) is 0 Å². The molecule has 0 saturated heterocycles. The van der Waals surface area contributed by atoms with Crippen LogP contribution in [0.2, 0.25) is 5.02 Å². The van der Waals surface area contributed by atoms with Gasteiger partial charge in [-0.2, -0.15) is 0 Å². The third-order valence-electron chi connectivity index (χ3n) is 6.40. The normalized spacial score (nSPS) is 18.8. The van der Waals surface area contributed by atoms with Gasteiger partial charge >= 0.3 is 0 Å². The summed E-state index contributed by atoms with van der Waals surface area (Å²) in [5.41, 5.74) is 3.26. The third kappa shape index (κ3) is 4.32. The highest BCUT2D eigenvalue weighted by molar-refractivity contribution is 7.22. The summed E-state index contributed by atoms with van der Waals surface area (Å²) in [5.74, 6) is 2.05. The van der Waals surface area contributed by atoms with Gasteiger partial charge in [0.05, 0.1) is 21.3 Å². The van der Waals surface area contributed by atoms with E-state index in [9.17, 15) is 4.79 Å². The number of benzene rings is 2. The predicted molar refractivity (Wildman–Crippen MR) is 132 cm³/mol. The van der Waals surface area contributed by atoms with Crippen molar-refractivity contribution in [2.75, 3.05) is 11.9 Å². The second-order valence-corrected chi connectivity index (χ2v) is 10.3. The lowest BCUT2D eigenvalue weighted by molar-refractivity contribution is 0.0942. The van der Waals surface area contributed by atoms with E-state index in [-0.39, 0.29) is 5.91 Å². The number of aromatic nitrogens is 3. The molecule has 0 aliphatic heterocycles. The highest BCUT2D eigenvalue weighted by atomic mass is 35.5. The Morgan fingerprint density at radius 1 is 1.12 bits per heavy atom. The average molecular weight is 468 g/mol. The largest absolute Gasteiger partial charge is 0.352 e. The smallest absolute Gasteiger partial charge is 0.251 e. The van der Waals surface area contributed by atoms with E-state index in [0.717, 1.165) is 38.8 Å². The number of fused-ring (bicyclic) bond motifs is 2. The van der Waals surface area contributed by atoms with Gasteiger partial charge in [-0.15, -0.1) is 0 Å². The molecule has 0 spiro atoms. The molecule has 0 bridgehead atoms. The number of carbonyl (C=O) groups excluding carboxylic acids is 1. The molecule has 2 aromatic carbocycles. The summed E-state index contributed by atoms with van der Waals surface area (Å²) in [4.78, 5) is 22.0. The van der Waals surface area contributed by atoms with Crippen molar-refractivity contribution in [1.82, 2.24) is 19.9 Å². The van der Waals surface area contributed by atoms with E-state index in [2.05, 4.69) is 22.5 Å². The van der Waals surface area contributed by atoms with Crippen LogP contribution >= 0.6 is 22.9 Å². The molecule has 0 atom stereocenters. The average Bonchev–Trinajstić information content (AvgIpc) is 3.32. The van der Waals surface area contributed by atoms with E-state index >= 15 is 0 Å². The number of hydrogen-bond donors (Lipinski definition) is 2. The van der Waals surface area contributed by atoms with Crippen LogP contribution in [-0.2, 0) is 7.05 Å².